The van der Waals surface area contributed by atoms with Crippen molar-refractivity contribution in [2.75, 3.05) is 11.5 Å². The highest BCUT2D eigenvalue weighted by atomic mass is 32.2. The molecule has 0 radical (unpaired) electrons. The van der Waals surface area contributed by atoms with E-state index in [0.717, 1.165) is 6.92 Å². The van der Waals surface area contributed by atoms with Crippen LogP contribution in [0.4, 0.5) is 8.78 Å². The van der Waals surface area contributed by atoms with Gasteiger partial charge in [-0.3, -0.25) is 4.79 Å². The van der Waals surface area contributed by atoms with E-state index in [4.69, 9.17) is 4.74 Å². The van der Waals surface area contributed by atoms with Crippen molar-refractivity contribution in [3.8, 4) is 0 Å². The molecule has 0 unspecified atom stereocenters. The quantitative estimate of drug-likeness (QED) is 0.505. The Labute approximate surface area is 93.8 Å². The number of hydrogen-bond acceptors (Lipinski definition) is 3. The van der Waals surface area contributed by atoms with E-state index in [0.29, 0.717) is 12.2 Å². The van der Waals surface area contributed by atoms with Crippen LogP contribution in [0.3, 0.4) is 0 Å². The van der Waals surface area contributed by atoms with E-state index in [9.17, 15) is 13.6 Å². The molecule has 15 heavy (non-hydrogen) atoms. The van der Waals surface area contributed by atoms with E-state index >= 15 is 0 Å². The summed E-state index contributed by atoms with van der Waals surface area (Å²) in [6, 6.07) is 0. The van der Waals surface area contributed by atoms with Gasteiger partial charge in [-0.25, -0.2) is 8.78 Å². The Hall–Kier alpha value is -0.320. The van der Waals surface area contributed by atoms with Gasteiger partial charge in [0.2, 0.25) is 5.92 Å². The second kappa shape index (κ2) is 7.04. The maximum Gasteiger partial charge on any atom is 0.316 e. The molecule has 0 bridgehead atoms. The van der Waals surface area contributed by atoms with Crippen molar-refractivity contribution in [1.29, 1.82) is 0 Å². The molecular weight excluding hydrogens is 222 g/mol. The predicted molar refractivity (Wildman–Crippen MR) is 58.4 cm³/mol. The third-order valence-corrected chi connectivity index (χ3v) is 2.51. The molecule has 0 fully saturated rings. The van der Waals surface area contributed by atoms with Crippen molar-refractivity contribution in [3.63, 3.8) is 0 Å². The van der Waals surface area contributed by atoms with Gasteiger partial charge < -0.3 is 4.74 Å². The van der Waals surface area contributed by atoms with E-state index in [1.807, 2.05) is 0 Å². The number of rotatable bonds is 7. The number of carbonyl (C=O) groups excluding carboxylic acids is 1. The molecule has 0 aliphatic heterocycles. The molecule has 90 valence electrons. The molecule has 0 aromatic carbocycles. The summed E-state index contributed by atoms with van der Waals surface area (Å²) in [5.74, 6) is -2.07. The topological polar surface area (TPSA) is 26.3 Å². The number of ether oxygens (including phenoxy) is 1. The van der Waals surface area contributed by atoms with Crippen LogP contribution >= 0.6 is 11.8 Å². The van der Waals surface area contributed by atoms with Gasteiger partial charge in [0.15, 0.2) is 0 Å². The summed E-state index contributed by atoms with van der Waals surface area (Å²) < 4.78 is 29.6. The Morgan fingerprint density at radius 2 is 2.07 bits per heavy atom. The summed E-state index contributed by atoms with van der Waals surface area (Å²) in [5.41, 5.74) is 0. The normalized spacial score (nSPS) is 11.9. The molecule has 0 aromatic heterocycles. The third kappa shape index (κ3) is 11.6. The lowest BCUT2D eigenvalue weighted by atomic mass is 10.2. The summed E-state index contributed by atoms with van der Waals surface area (Å²) >= 11 is 1.34. The number of halogens is 2. The summed E-state index contributed by atoms with van der Waals surface area (Å²) in [5, 5.41) is 0. The van der Waals surface area contributed by atoms with Crippen LogP contribution in [0, 0.1) is 0 Å². The Balaban J connectivity index is 3.35. The fourth-order valence-electron chi connectivity index (χ4n) is 0.937. The molecule has 0 N–H and O–H groups in total. The first-order valence-electron chi connectivity index (χ1n) is 4.96. The van der Waals surface area contributed by atoms with Gasteiger partial charge in [0.1, 0.15) is 0 Å². The standard InChI is InChI=1S/C10H18F2O2S/c1-8(2)14-9(13)7-15-6-4-5-10(3,11)12/h8H,4-7H2,1-3H3. The molecule has 0 spiro atoms. The fraction of sp³-hybridized carbons (Fsp3) is 0.900. The fourth-order valence-corrected chi connectivity index (χ4v) is 1.66. The first-order valence-corrected chi connectivity index (χ1v) is 6.12. The van der Waals surface area contributed by atoms with Crippen molar-refractivity contribution in [1.82, 2.24) is 0 Å². The zero-order valence-corrected chi connectivity index (χ0v) is 10.2. The van der Waals surface area contributed by atoms with Gasteiger partial charge in [-0.15, -0.1) is 0 Å². The molecule has 0 saturated carbocycles. The van der Waals surface area contributed by atoms with Crippen molar-refractivity contribution >= 4 is 17.7 Å². The molecule has 5 heteroatoms. The highest BCUT2D eigenvalue weighted by Gasteiger charge is 2.19. The number of alkyl halides is 2. The summed E-state index contributed by atoms with van der Waals surface area (Å²) in [6.07, 6.45) is 0.181. The zero-order chi connectivity index (χ0) is 11.9. The van der Waals surface area contributed by atoms with E-state index < -0.39 is 5.92 Å². The summed E-state index contributed by atoms with van der Waals surface area (Å²) in [4.78, 5) is 11.0. The van der Waals surface area contributed by atoms with E-state index in [1.54, 1.807) is 13.8 Å². The molecule has 0 aliphatic rings. The van der Waals surface area contributed by atoms with Gasteiger partial charge in [0.25, 0.3) is 0 Å². The van der Waals surface area contributed by atoms with E-state index in [1.165, 1.54) is 11.8 Å². The van der Waals surface area contributed by atoms with Gasteiger partial charge in [-0.1, -0.05) is 0 Å². The maximum absolute atomic E-state index is 12.4. The SMILES string of the molecule is CC(C)OC(=O)CSCCCC(C)(F)F. The second-order valence-corrected chi connectivity index (χ2v) is 4.87. The van der Waals surface area contributed by atoms with Crippen LogP contribution < -0.4 is 0 Å². The van der Waals surface area contributed by atoms with Crippen LogP contribution in [0.1, 0.15) is 33.6 Å². The van der Waals surface area contributed by atoms with Gasteiger partial charge in [-0.05, 0) is 32.9 Å². The largest absolute Gasteiger partial charge is 0.462 e. The first kappa shape index (κ1) is 14.7. The summed E-state index contributed by atoms with van der Waals surface area (Å²) in [6.45, 7) is 4.46. The third-order valence-electron chi connectivity index (χ3n) is 1.49. The summed E-state index contributed by atoms with van der Waals surface area (Å²) in [7, 11) is 0. The van der Waals surface area contributed by atoms with Crippen LogP contribution in [0.2, 0.25) is 0 Å². The van der Waals surface area contributed by atoms with Crippen LogP contribution in [0.15, 0.2) is 0 Å². The van der Waals surface area contributed by atoms with Gasteiger partial charge in [0, 0.05) is 6.42 Å². The van der Waals surface area contributed by atoms with Gasteiger partial charge >= 0.3 is 5.97 Å². The van der Waals surface area contributed by atoms with Crippen LogP contribution in [-0.4, -0.2) is 29.5 Å². The van der Waals surface area contributed by atoms with Crippen molar-refractivity contribution in [2.45, 2.75) is 45.6 Å². The molecule has 0 heterocycles. The molecule has 0 amide bonds. The highest BCUT2D eigenvalue weighted by Crippen LogP contribution is 2.20. The number of esters is 1. The number of carbonyl (C=O) groups is 1. The maximum atomic E-state index is 12.4. The van der Waals surface area contributed by atoms with Crippen LogP contribution in [0.25, 0.3) is 0 Å². The zero-order valence-electron chi connectivity index (χ0n) is 9.39. The monoisotopic (exact) mass is 240 g/mol. The Bertz CT molecular complexity index is 190. The van der Waals surface area contributed by atoms with Crippen LogP contribution in [-0.2, 0) is 9.53 Å². The average molecular weight is 240 g/mol. The molecule has 2 nitrogen and oxygen atoms in total. The van der Waals surface area contributed by atoms with Crippen molar-refractivity contribution in [3.05, 3.63) is 0 Å². The lowest BCUT2D eigenvalue weighted by Gasteiger charge is -2.09. The Kier molecular flexibility index (Phi) is 6.89. The Morgan fingerprint density at radius 3 is 2.53 bits per heavy atom. The first-order chi connectivity index (χ1) is 6.81. The van der Waals surface area contributed by atoms with Crippen LogP contribution in [0.5, 0.6) is 0 Å². The minimum atomic E-state index is -2.60. The predicted octanol–water partition coefficient (Wildman–Crippen LogP) is 3.11. The smallest absolute Gasteiger partial charge is 0.316 e. The van der Waals surface area contributed by atoms with Gasteiger partial charge in [0.05, 0.1) is 11.9 Å². The Morgan fingerprint density at radius 1 is 1.47 bits per heavy atom. The molecule has 0 saturated heterocycles. The van der Waals surface area contributed by atoms with E-state index in [-0.39, 0.29) is 24.2 Å². The molecule has 0 aromatic rings. The minimum absolute atomic E-state index is 0.113. The lowest BCUT2D eigenvalue weighted by molar-refractivity contribution is -0.144. The molecule has 0 rings (SSSR count). The second-order valence-electron chi connectivity index (χ2n) is 3.76. The molecule has 0 aliphatic carbocycles. The number of hydrogen-bond donors (Lipinski definition) is 0. The number of thioether (sulfide) groups is 1. The minimum Gasteiger partial charge on any atom is -0.462 e. The molecule has 0 atom stereocenters. The van der Waals surface area contributed by atoms with Crippen molar-refractivity contribution in [2.24, 2.45) is 0 Å². The lowest BCUT2D eigenvalue weighted by Crippen LogP contribution is -2.14. The average Bonchev–Trinajstić information content (AvgIpc) is 1.99. The van der Waals surface area contributed by atoms with Gasteiger partial charge in [-0.2, -0.15) is 11.8 Å². The van der Waals surface area contributed by atoms with E-state index in [2.05, 4.69) is 0 Å². The van der Waals surface area contributed by atoms with Crippen molar-refractivity contribution < 1.29 is 18.3 Å². The highest BCUT2D eigenvalue weighted by molar-refractivity contribution is 7.99. The molecular formula is C10H18F2O2S.